The van der Waals surface area contributed by atoms with E-state index in [4.69, 9.17) is 0 Å². The first-order valence-electron chi connectivity index (χ1n) is 20.1. The summed E-state index contributed by atoms with van der Waals surface area (Å²) in [6.07, 6.45) is 55.8. The fourth-order valence-corrected chi connectivity index (χ4v) is 5.66. The standard InChI is InChI=1S/C44H77NO3/c1-3-5-7-9-10-11-12-13-14-15-16-17-18-19-20-21-22-23-24-25-26-27-28-29-30-31-32-33-34-36-38-40-44(48)45-42(41-46)43(47)39-37-35-8-6-4-2/h5,7,10-11,13-14,16-17,19-20,22-23,42-43,46-47H,3-4,6,8-9,12,15,18,21,24-41H2,1-2H3,(H,45,48)/b7-5-,11-10-,14-13-,17-16-,20-19-,23-22-. The molecule has 2 atom stereocenters. The van der Waals surface area contributed by atoms with Crippen molar-refractivity contribution in [3.63, 3.8) is 0 Å². The van der Waals surface area contributed by atoms with Crippen LogP contribution in [0.15, 0.2) is 72.9 Å². The van der Waals surface area contributed by atoms with Crippen molar-refractivity contribution in [1.29, 1.82) is 0 Å². The fourth-order valence-electron chi connectivity index (χ4n) is 5.66. The maximum absolute atomic E-state index is 12.2. The van der Waals surface area contributed by atoms with E-state index in [1.54, 1.807) is 0 Å². The van der Waals surface area contributed by atoms with E-state index in [2.05, 4.69) is 92.1 Å². The van der Waals surface area contributed by atoms with Crippen molar-refractivity contribution in [2.24, 2.45) is 0 Å². The van der Waals surface area contributed by atoms with E-state index < -0.39 is 12.1 Å². The molecule has 0 spiro atoms. The van der Waals surface area contributed by atoms with Crippen LogP contribution in [0.5, 0.6) is 0 Å². The van der Waals surface area contributed by atoms with Crippen LogP contribution in [0.25, 0.3) is 0 Å². The Balaban J connectivity index is 3.49. The van der Waals surface area contributed by atoms with E-state index in [-0.39, 0.29) is 12.5 Å². The van der Waals surface area contributed by atoms with Crippen LogP contribution in [0.2, 0.25) is 0 Å². The number of nitrogens with one attached hydrogen (secondary N) is 1. The van der Waals surface area contributed by atoms with Gasteiger partial charge in [-0.25, -0.2) is 0 Å². The smallest absolute Gasteiger partial charge is 0.220 e. The lowest BCUT2D eigenvalue weighted by Crippen LogP contribution is -2.45. The molecule has 4 nitrogen and oxygen atoms in total. The fraction of sp³-hybridized carbons (Fsp3) is 0.705. The van der Waals surface area contributed by atoms with Crippen LogP contribution in [0.1, 0.15) is 181 Å². The first-order valence-corrected chi connectivity index (χ1v) is 20.1. The van der Waals surface area contributed by atoms with Gasteiger partial charge in [0.25, 0.3) is 0 Å². The number of rotatable bonds is 35. The maximum Gasteiger partial charge on any atom is 0.220 e. The molecule has 276 valence electrons. The number of hydrogen-bond acceptors (Lipinski definition) is 3. The molecule has 0 radical (unpaired) electrons. The van der Waals surface area contributed by atoms with E-state index >= 15 is 0 Å². The maximum atomic E-state index is 12.2. The Labute approximate surface area is 298 Å². The molecule has 4 heteroatoms. The molecule has 0 aromatic carbocycles. The summed E-state index contributed by atoms with van der Waals surface area (Å²) in [4.78, 5) is 12.2. The molecule has 0 aliphatic heterocycles. The third kappa shape index (κ3) is 35.1. The predicted octanol–water partition coefficient (Wildman–Crippen LogP) is 12.3. The molecular formula is C44H77NO3. The molecule has 1 amide bonds. The average Bonchev–Trinajstić information content (AvgIpc) is 3.09. The van der Waals surface area contributed by atoms with Crippen LogP contribution in [0, 0.1) is 0 Å². The SMILES string of the molecule is CC/C=C\C/C=C\C/C=C\C/C=C\C/C=C\C/C=C\CCCCCCCCCCCCCCC(=O)NC(CO)C(O)CCCCCCC. The van der Waals surface area contributed by atoms with E-state index in [1.807, 2.05) is 0 Å². The number of carbonyl (C=O) groups excluding carboxylic acids is 1. The molecular weight excluding hydrogens is 590 g/mol. The topological polar surface area (TPSA) is 69.6 Å². The second-order valence-electron chi connectivity index (χ2n) is 13.3. The number of carbonyl (C=O) groups is 1. The number of aliphatic hydroxyl groups is 2. The highest BCUT2D eigenvalue weighted by atomic mass is 16.3. The third-order valence-electron chi connectivity index (χ3n) is 8.73. The molecule has 0 saturated carbocycles. The monoisotopic (exact) mass is 668 g/mol. The third-order valence-corrected chi connectivity index (χ3v) is 8.73. The van der Waals surface area contributed by atoms with Gasteiger partial charge in [0.05, 0.1) is 18.8 Å². The quantitative estimate of drug-likeness (QED) is 0.0465. The molecule has 0 rings (SSSR count). The van der Waals surface area contributed by atoms with Gasteiger partial charge in [-0.1, -0.05) is 183 Å². The van der Waals surface area contributed by atoms with E-state index in [0.29, 0.717) is 12.8 Å². The van der Waals surface area contributed by atoms with E-state index in [9.17, 15) is 15.0 Å². The lowest BCUT2D eigenvalue weighted by Gasteiger charge is -2.22. The second kappa shape index (κ2) is 39.3. The zero-order valence-corrected chi connectivity index (χ0v) is 31.5. The van der Waals surface area contributed by atoms with Gasteiger partial charge in [-0.3, -0.25) is 4.79 Å². The summed E-state index contributed by atoms with van der Waals surface area (Å²) in [7, 11) is 0. The molecule has 0 aromatic heterocycles. The molecule has 0 aliphatic rings. The molecule has 0 saturated heterocycles. The van der Waals surface area contributed by atoms with Crippen LogP contribution in [-0.2, 0) is 4.79 Å². The van der Waals surface area contributed by atoms with Gasteiger partial charge < -0.3 is 15.5 Å². The normalized spacial score (nSPS) is 13.8. The largest absolute Gasteiger partial charge is 0.394 e. The molecule has 0 fully saturated rings. The van der Waals surface area contributed by atoms with Gasteiger partial charge >= 0.3 is 0 Å². The summed E-state index contributed by atoms with van der Waals surface area (Å²) < 4.78 is 0. The van der Waals surface area contributed by atoms with Crippen molar-refractivity contribution >= 4 is 5.91 Å². The summed E-state index contributed by atoms with van der Waals surface area (Å²) >= 11 is 0. The number of aliphatic hydroxyl groups excluding tert-OH is 2. The van der Waals surface area contributed by atoms with Gasteiger partial charge in [-0.05, 0) is 64.2 Å². The van der Waals surface area contributed by atoms with Crippen molar-refractivity contribution in [2.45, 2.75) is 193 Å². The van der Waals surface area contributed by atoms with Gasteiger partial charge in [-0.15, -0.1) is 0 Å². The zero-order valence-electron chi connectivity index (χ0n) is 31.5. The van der Waals surface area contributed by atoms with Crippen molar-refractivity contribution in [1.82, 2.24) is 5.32 Å². The minimum absolute atomic E-state index is 0.0450. The van der Waals surface area contributed by atoms with Crippen LogP contribution >= 0.6 is 0 Å². The molecule has 0 aromatic rings. The van der Waals surface area contributed by atoms with Gasteiger partial charge in [0.2, 0.25) is 5.91 Å². The highest BCUT2D eigenvalue weighted by molar-refractivity contribution is 5.76. The van der Waals surface area contributed by atoms with Gasteiger partial charge in [-0.2, -0.15) is 0 Å². The minimum atomic E-state index is -0.658. The molecule has 2 unspecified atom stereocenters. The van der Waals surface area contributed by atoms with Crippen molar-refractivity contribution in [2.75, 3.05) is 6.61 Å². The predicted molar refractivity (Wildman–Crippen MR) is 211 cm³/mol. The van der Waals surface area contributed by atoms with Gasteiger partial charge in [0.1, 0.15) is 0 Å². The van der Waals surface area contributed by atoms with Gasteiger partial charge in [0, 0.05) is 6.42 Å². The van der Waals surface area contributed by atoms with Crippen LogP contribution in [-0.4, -0.2) is 34.9 Å². The Morgan fingerprint density at radius 2 is 0.917 bits per heavy atom. The van der Waals surface area contributed by atoms with Crippen molar-refractivity contribution < 1.29 is 15.0 Å². The molecule has 0 heterocycles. The van der Waals surface area contributed by atoms with Crippen molar-refractivity contribution in [3.05, 3.63) is 72.9 Å². The highest BCUT2D eigenvalue weighted by Gasteiger charge is 2.19. The highest BCUT2D eigenvalue weighted by Crippen LogP contribution is 2.14. The number of hydrogen-bond donors (Lipinski definition) is 3. The Bertz CT molecular complexity index is 853. The Morgan fingerprint density at radius 1 is 0.521 bits per heavy atom. The lowest BCUT2D eigenvalue weighted by atomic mass is 10.0. The van der Waals surface area contributed by atoms with Crippen LogP contribution < -0.4 is 5.32 Å². The summed E-state index contributed by atoms with van der Waals surface area (Å²) in [5.74, 6) is -0.0450. The minimum Gasteiger partial charge on any atom is -0.394 e. The first-order chi connectivity index (χ1) is 23.7. The van der Waals surface area contributed by atoms with Gasteiger partial charge in [0.15, 0.2) is 0 Å². The summed E-state index contributed by atoms with van der Waals surface area (Å²) in [6, 6.07) is -0.536. The van der Waals surface area contributed by atoms with Crippen molar-refractivity contribution in [3.8, 4) is 0 Å². The summed E-state index contributed by atoms with van der Waals surface area (Å²) in [5.41, 5.74) is 0. The molecule has 3 N–H and O–H groups in total. The molecule has 0 bridgehead atoms. The summed E-state index contributed by atoms with van der Waals surface area (Å²) in [6.45, 7) is 4.15. The Morgan fingerprint density at radius 3 is 1.38 bits per heavy atom. The molecule has 0 aliphatic carbocycles. The Hall–Kier alpha value is -2.17. The number of amides is 1. The van der Waals surface area contributed by atoms with Crippen LogP contribution in [0.4, 0.5) is 0 Å². The van der Waals surface area contributed by atoms with E-state index in [1.165, 1.54) is 89.9 Å². The average molecular weight is 668 g/mol. The number of unbranched alkanes of at least 4 members (excludes halogenated alkanes) is 16. The summed E-state index contributed by atoms with van der Waals surface area (Å²) in [5, 5.41) is 22.8. The van der Waals surface area contributed by atoms with E-state index in [0.717, 1.165) is 64.2 Å². The first kappa shape index (κ1) is 45.8. The molecule has 48 heavy (non-hydrogen) atoms. The number of allylic oxidation sites excluding steroid dienone is 12. The lowest BCUT2D eigenvalue weighted by molar-refractivity contribution is -0.123. The second-order valence-corrected chi connectivity index (χ2v) is 13.3. The Kier molecular flexibility index (Phi) is 37.5. The van der Waals surface area contributed by atoms with Crippen LogP contribution in [0.3, 0.4) is 0 Å². The zero-order chi connectivity index (χ0) is 35.0.